The molecule has 1 aromatic heterocycles. The number of rotatable bonds is 5. The predicted octanol–water partition coefficient (Wildman–Crippen LogP) is 6.09. The molecule has 4 heteroatoms. The van der Waals surface area contributed by atoms with Crippen molar-refractivity contribution >= 4 is 11.0 Å². The number of ether oxygens (including phenoxy) is 2. The summed E-state index contributed by atoms with van der Waals surface area (Å²) in [6, 6.07) is 20.7. The van der Waals surface area contributed by atoms with Crippen molar-refractivity contribution in [2.24, 2.45) is 0 Å². The fourth-order valence-electron chi connectivity index (χ4n) is 3.14. The third-order valence-electron chi connectivity index (χ3n) is 4.93. The van der Waals surface area contributed by atoms with E-state index < -0.39 is 0 Å². The van der Waals surface area contributed by atoms with E-state index in [1.807, 2.05) is 18.2 Å². The highest BCUT2D eigenvalue weighted by Crippen LogP contribution is 2.27. The fraction of sp³-hybridized carbons (Fsp3) is 0.160. The van der Waals surface area contributed by atoms with Crippen molar-refractivity contribution in [3.05, 3.63) is 99.4 Å². The minimum absolute atomic E-state index is 0.201. The molecule has 0 aliphatic rings. The van der Waals surface area contributed by atoms with Crippen molar-refractivity contribution in [1.82, 2.24) is 0 Å². The largest absolute Gasteiger partial charge is 0.489 e. The summed E-state index contributed by atoms with van der Waals surface area (Å²) in [6.07, 6.45) is 0. The smallest absolute Gasteiger partial charge is 0.235 e. The highest BCUT2D eigenvalue weighted by atomic mass is 16.5. The normalized spacial score (nSPS) is 10.9. The van der Waals surface area contributed by atoms with E-state index in [4.69, 9.17) is 13.9 Å². The van der Waals surface area contributed by atoms with Gasteiger partial charge in [-0.2, -0.15) is 0 Å². The molecule has 146 valence electrons. The molecule has 0 aliphatic carbocycles. The van der Waals surface area contributed by atoms with E-state index in [9.17, 15) is 4.79 Å². The Morgan fingerprint density at radius 2 is 1.62 bits per heavy atom. The molecule has 0 spiro atoms. The van der Waals surface area contributed by atoms with Gasteiger partial charge in [-0.25, -0.2) is 0 Å². The molecule has 0 radical (unpaired) electrons. The summed E-state index contributed by atoms with van der Waals surface area (Å²) < 4.78 is 17.5. The molecule has 29 heavy (non-hydrogen) atoms. The average Bonchev–Trinajstić information content (AvgIpc) is 2.72. The van der Waals surface area contributed by atoms with Crippen LogP contribution in [0.25, 0.3) is 11.0 Å². The Balaban J connectivity index is 1.60. The minimum Gasteiger partial charge on any atom is -0.489 e. The molecule has 0 bridgehead atoms. The van der Waals surface area contributed by atoms with Crippen LogP contribution in [-0.2, 0) is 6.61 Å². The van der Waals surface area contributed by atoms with Gasteiger partial charge in [-0.3, -0.25) is 4.79 Å². The molecular weight excluding hydrogens is 364 g/mol. The maximum Gasteiger partial charge on any atom is 0.235 e. The summed E-state index contributed by atoms with van der Waals surface area (Å²) >= 11 is 0. The van der Waals surface area contributed by atoms with Crippen LogP contribution in [0.3, 0.4) is 0 Å². The van der Waals surface area contributed by atoms with E-state index >= 15 is 0 Å². The van der Waals surface area contributed by atoms with Gasteiger partial charge in [0.1, 0.15) is 29.4 Å². The van der Waals surface area contributed by atoms with Gasteiger partial charge >= 0.3 is 0 Å². The summed E-state index contributed by atoms with van der Waals surface area (Å²) in [5, 5.41) is 0.458. The van der Waals surface area contributed by atoms with Gasteiger partial charge in [0.05, 0.1) is 5.39 Å². The fourth-order valence-corrected chi connectivity index (χ4v) is 3.14. The monoisotopic (exact) mass is 386 g/mol. The lowest BCUT2D eigenvalue weighted by molar-refractivity contribution is 0.306. The number of fused-ring (bicyclic) bond motifs is 1. The van der Waals surface area contributed by atoms with Gasteiger partial charge in [-0.1, -0.05) is 36.4 Å². The molecule has 1 heterocycles. The van der Waals surface area contributed by atoms with Crippen molar-refractivity contribution in [3.8, 4) is 17.2 Å². The van der Waals surface area contributed by atoms with E-state index in [2.05, 4.69) is 32.0 Å². The van der Waals surface area contributed by atoms with Crippen molar-refractivity contribution in [2.75, 3.05) is 0 Å². The third-order valence-corrected chi connectivity index (χ3v) is 4.93. The Morgan fingerprint density at radius 3 is 2.38 bits per heavy atom. The van der Waals surface area contributed by atoms with E-state index in [0.29, 0.717) is 34.8 Å². The molecule has 0 fully saturated rings. The first-order valence-electron chi connectivity index (χ1n) is 9.50. The van der Waals surface area contributed by atoms with Crippen molar-refractivity contribution in [2.45, 2.75) is 27.4 Å². The van der Waals surface area contributed by atoms with Crippen LogP contribution in [-0.4, -0.2) is 0 Å². The highest BCUT2D eigenvalue weighted by molar-refractivity contribution is 5.79. The SMILES string of the molecule is Cc1ccc(COc2ccc3c(=O)c(Oc4ccccc4)c(C)oc3c2)cc1C. The zero-order valence-electron chi connectivity index (χ0n) is 16.7. The van der Waals surface area contributed by atoms with Gasteiger partial charge in [0.2, 0.25) is 11.2 Å². The molecule has 4 aromatic rings. The first-order chi connectivity index (χ1) is 14.0. The van der Waals surface area contributed by atoms with Gasteiger partial charge in [-0.05, 0) is 61.7 Å². The summed E-state index contributed by atoms with van der Waals surface area (Å²) in [6.45, 7) is 6.34. The lowest BCUT2D eigenvalue weighted by Crippen LogP contribution is -2.07. The lowest BCUT2D eigenvalue weighted by atomic mass is 10.1. The Hall–Kier alpha value is -3.53. The number of para-hydroxylation sites is 1. The van der Waals surface area contributed by atoms with Gasteiger partial charge in [0.15, 0.2) is 0 Å². The van der Waals surface area contributed by atoms with Crippen molar-refractivity contribution in [3.63, 3.8) is 0 Å². The molecule has 0 atom stereocenters. The van der Waals surface area contributed by atoms with Gasteiger partial charge in [-0.15, -0.1) is 0 Å². The third kappa shape index (κ3) is 4.02. The standard InChI is InChI=1S/C25H22O4/c1-16-9-10-19(13-17(16)2)15-27-21-11-12-22-23(14-21)28-18(3)25(24(22)26)29-20-7-5-4-6-8-20/h4-14H,15H2,1-3H3. The zero-order valence-corrected chi connectivity index (χ0v) is 16.7. The molecule has 3 aromatic carbocycles. The first-order valence-corrected chi connectivity index (χ1v) is 9.50. The molecule has 0 aliphatic heterocycles. The van der Waals surface area contributed by atoms with Crippen LogP contribution in [0, 0.1) is 20.8 Å². The summed E-state index contributed by atoms with van der Waals surface area (Å²) in [4.78, 5) is 12.9. The molecule has 0 amide bonds. The van der Waals surface area contributed by atoms with Gasteiger partial charge < -0.3 is 13.9 Å². The molecule has 0 unspecified atom stereocenters. The van der Waals surface area contributed by atoms with E-state index in [1.54, 1.807) is 37.3 Å². The van der Waals surface area contributed by atoms with E-state index in [1.165, 1.54) is 11.1 Å². The van der Waals surface area contributed by atoms with Crippen LogP contribution >= 0.6 is 0 Å². The maximum atomic E-state index is 12.9. The maximum absolute atomic E-state index is 12.9. The number of aryl methyl sites for hydroxylation is 3. The van der Waals surface area contributed by atoms with E-state index in [-0.39, 0.29) is 11.2 Å². The summed E-state index contributed by atoms with van der Waals surface area (Å²) in [5.74, 6) is 1.87. The zero-order chi connectivity index (χ0) is 20.4. The van der Waals surface area contributed by atoms with Crippen LogP contribution < -0.4 is 14.9 Å². The molecule has 4 rings (SSSR count). The van der Waals surface area contributed by atoms with E-state index in [0.717, 1.165) is 5.56 Å². The predicted molar refractivity (Wildman–Crippen MR) is 114 cm³/mol. The van der Waals surface area contributed by atoms with Crippen molar-refractivity contribution < 1.29 is 13.9 Å². The number of hydrogen-bond acceptors (Lipinski definition) is 4. The van der Waals surface area contributed by atoms with Crippen LogP contribution in [0.5, 0.6) is 17.2 Å². The second-order valence-corrected chi connectivity index (χ2v) is 7.10. The van der Waals surface area contributed by atoms with Crippen LogP contribution in [0.4, 0.5) is 0 Å². The Kier molecular flexibility index (Phi) is 5.09. The Labute approximate surface area is 169 Å². The van der Waals surface area contributed by atoms with Gasteiger partial charge in [0, 0.05) is 6.07 Å². The summed E-state index contributed by atoms with van der Waals surface area (Å²) in [5.41, 5.74) is 3.86. The number of hydrogen-bond donors (Lipinski definition) is 0. The Bertz CT molecular complexity index is 1220. The quantitative estimate of drug-likeness (QED) is 0.416. The molecular formula is C25H22O4. The molecule has 0 saturated carbocycles. The van der Waals surface area contributed by atoms with Crippen LogP contribution in [0.1, 0.15) is 22.5 Å². The average molecular weight is 386 g/mol. The lowest BCUT2D eigenvalue weighted by Gasteiger charge is -2.11. The minimum atomic E-state index is -0.201. The second kappa shape index (κ2) is 7.84. The molecule has 0 N–H and O–H groups in total. The summed E-state index contributed by atoms with van der Waals surface area (Å²) in [7, 11) is 0. The highest BCUT2D eigenvalue weighted by Gasteiger charge is 2.14. The van der Waals surface area contributed by atoms with Crippen LogP contribution in [0.2, 0.25) is 0 Å². The van der Waals surface area contributed by atoms with Crippen LogP contribution in [0.15, 0.2) is 75.9 Å². The Morgan fingerprint density at radius 1 is 0.828 bits per heavy atom. The molecule has 4 nitrogen and oxygen atoms in total. The second-order valence-electron chi connectivity index (χ2n) is 7.10. The topological polar surface area (TPSA) is 48.7 Å². The molecule has 0 saturated heterocycles. The number of benzene rings is 3. The first kappa shape index (κ1) is 18.8. The van der Waals surface area contributed by atoms with Gasteiger partial charge in [0.25, 0.3) is 0 Å². The van der Waals surface area contributed by atoms with Crippen molar-refractivity contribution in [1.29, 1.82) is 0 Å².